The van der Waals surface area contributed by atoms with Gasteiger partial charge in [-0.05, 0) is 17.5 Å². The number of aromatic nitrogens is 3. The van der Waals surface area contributed by atoms with Crippen LogP contribution in [0.25, 0.3) is 10.9 Å². The fraction of sp³-hybridized carbons (Fsp3) is 0.381. The monoisotopic (exact) mass is 397 g/mol. The van der Waals surface area contributed by atoms with Gasteiger partial charge in [-0.15, -0.1) is 0 Å². The lowest BCUT2D eigenvalue weighted by Gasteiger charge is -2.18. The number of aromatic amines is 2. The molecule has 29 heavy (non-hydrogen) atoms. The molecule has 2 heterocycles. The molecule has 2 amide bonds. The number of amides is 2. The highest BCUT2D eigenvalue weighted by Crippen LogP contribution is 2.19. The Hall–Kier alpha value is -3.29. The first-order chi connectivity index (χ1) is 14.0. The van der Waals surface area contributed by atoms with E-state index in [2.05, 4.69) is 25.6 Å². The van der Waals surface area contributed by atoms with Crippen LogP contribution in [0.15, 0.2) is 43.0 Å². The molecule has 0 fully saturated rings. The summed E-state index contributed by atoms with van der Waals surface area (Å²) < 4.78 is 5.20. The zero-order chi connectivity index (χ0) is 20.6. The molecule has 0 aliphatic carbocycles. The first kappa shape index (κ1) is 20.4. The fourth-order valence-electron chi connectivity index (χ4n) is 3.02. The van der Waals surface area contributed by atoms with Crippen molar-refractivity contribution >= 4 is 22.9 Å². The lowest BCUT2D eigenvalue weighted by atomic mass is 10.0. The van der Waals surface area contributed by atoms with Crippen molar-refractivity contribution in [2.24, 2.45) is 5.92 Å². The van der Waals surface area contributed by atoms with Crippen LogP contribution >= 0.6 is 0 Å². The highest BCUT2D eigenvalue weighted by Gasteiger charge is 2.23. The average molecular weight is 397 g/mol. The molecule has 0 radical (unpaired) electrons. The molecule has 0 aliphatic heterocycles. The maximum absolute atomic E-state index is 12.8. The second-order valence-corrected chi connectivity index (χ2v) is 7.37. The predicted molar refractivity (Wildman–Crippen MR) is 110 cm³/mol. The third-order valence-corrected chi connectivity index (χ3v) is 4.50. The van der Waals surface area contributed by atoms with Gasteiger partial charge in [0.1, 0.15) is 6.04 Å². The van der Waals surface area contributed by atoms with Crippen LogP contribution in [0.4, 0.5) is 4.79 Å². The molecule has 154 valence electrons. The fourth-order valence-corrected chi connectivity index (χ4v) is 3.02. The molecular formula is C21H27N5O3. The van der Waals surface area contributed by atoms with Gasteiger partial charge in [-0.1, -0.05) is 32.0 Å². The minimum absolute atomic E-state index is 0.219. The van der Waals surface area contributed by atoms with Gasteiger partial charge < -0.3 is 25.3 Å². The summed E-state index contributed by atoms with van der Waals surface area (Å²) in [5, 5.41) is 6.62. The second-order valence-electron chi connectivity index (χ2n) is 7.37. The standard InChI is InChI=1S/C21H27N5O3/c1-14(2)12-29-21(28)26-19(20(27)23-8-7-16-11-22-13-25-16)9-15-10-24-18-6-4-3-5-17(15)18/h3-6,10-11,13-14,19,24H,7-9,12H2,1-2H3,(H,22,25)(H,23,27)(H,26,28)/t19-/m0/s1. The van der Waals surface area contributed by atoms with E-state index in [1.165, 1.54) is 0 Å². The number of benzene rings is 1. The van der Waals surface area contributed by atoms with Crippen molar-refractivity contribution in [1.82, 2.24) is 25.6 Å². The summed E-state index contributed by atoms with van der Waals surface area (Å²) in [6.07, 6.45) is 5.59. The molecule has 0 saturated carbocycles. The summed E-state index contributed by atoms with van der Waals surface area (Å²) in [7, 11) is 0. The van der Waals surface area contributed by atoms with Crippen molar-refractivity contribution in [3.8, 4) is 0 Å². The summed E-state index contributed by atoms with van der Waals surface area (Å²) in [6.45, 7) is 4.65. The maximum Gasteiger partial charge on any atom is 0.407 e. The summed E-state index contributed by atoms with van der Waals surface area (Å²) in [5.41, 5.74) is 2.88. The van der Waals surface area contributed by atoms with Gasteiger partial charge in [-0.2, -0.15) is 0 Å². The van der Waals surface area contributed by atoms with Gasteiger partial charge in [-0.3, -0.25) is 4.79 Å². The third kappa shape index (κ3) is 5.84. The largest absolute Gasteiger partial charge is 0.449 e. The minimum atomic E-state index is -0.740. The molecule has 4 N–H and O–H groups in total. The summed E-state index contributed by atoms with van der Waals surface area (Å²) in [6, 6.07) is 7.12. The van der Waals surface area contributed by atoms with Crippen molar-refractivity contribution in [3.05, 3.63) is 54.2 Å². The van der Waals surface area contributed by atoms with Crippen LogP contribution < -0.4 is 10.6 Å². The quantitative estimate of drug-likeness (QED) is 0.444. The van der Waals surface area contributed by atoms with Crippen molar-refractivity contribution in [2.75, 3.05) is 13.2 Å². The van der Waals surface area contributed by atoms with Crippen molar-refractivity contribution in [3.63, 3.8) is 0 Å². The van der Waals surface area contributed by atoms with Gasteiger partial charge >= 0.3 is 6.09 Å². The number of imidazole rings is 1. The van der Waals surface area contributed by atoms with E-state index in [4.69, 9.17) is 4.74 Å². The Morgan fingerprint density at radius 1 is 1.21 bits per heavy atom. The lowest BCUT2D eigenvalue weighted by molar-refractivity contribution is -0.123. The van der Waals surface area contributed by atoms with E-state index in [0.29, 0.717) is 26.0 Å². The number of fused-ring (bicyclic) bond motifs is 1. The number of ether oxygens (including phenoxy) is 1. The molecule has 2 aromatic heterocycles. The Morgan fingerprint density at radius 3 is 2.79 bits per heavy atom. The molecule has 3 aromatic rings. The highest BCUT2D eigenvalue weighted by atomic mass is 16.5. The highest BCUT2D eigenvalue weighted by molar-refractivity contribution is 5.88. The number of carbonyl (C=O) groups excluding carboxylic acids is 2. The van der Waals surface area contributed by atoms with Crippen LogP contribution in [0.3, 0.4) is 0 Å². The van der Waals surface area contributed by atoms with E-state index >= 15 is 0 Å². The van der Waals surface area contributed by atoms with Gasteiger partial charge in [-0.25, -0.2) is 9.78 Å². The van der Waals surface area contributed by atoms with Gasteiger partial charge in [0.2, 0.25) is 5.91 Å². The molecule has 0 saturated heterocycles. The van der Waals surface area contributed by atoms with Gasteiger partial charge in [0, 0.05) is 48.4 Å². The second kappa shape index (κ2) is 9.77. The molecule has 0 aliphatic rings. The Bertz CT molecular complexity index is 933. The van der Waals surface area contributed by atoms with Crippen LogP contribution in [-0.4, -0.2) is 46.1 Å². The number of hydrogen-bond acceptors (Lipinski definition) is 4. The Balaban J connectivity index is 1.66. The lowest BCUT2D eigenvalue weighted by Crippen LogP contribution is -2.48. The molecular weight excluding hydrogens is 370 g/mol. The Morgan fingerprint density at radius 2 is 2.03 bits per heavy atom. The van der Waals surface area contributed by atoms with Crippen LogP contribution in [0, 0.1) is 5.92 Å². The summed E-state index contributed by atoms with van der Waals surface area (Å²) in [5.74, 6) is -0.0349. The Kier molecular flexibility index (Phi) is 6.89. The van der Waals surface area contributed by atoms with Gasteiger partial charge in [0.05, 0.1) is 12.9 Å². The van der Waals surface area contributed by atoms with Crippen LogP contribution in [0.2, 0.25) is 0 Å². The smallest absolute Gasteiger partial charge is 0.407 e. The number of nitrogens with one attached hydrogen (secondary N) is 4. The number of H-pyrrole nitrogens is 2. The van der Waals surface area contributed by atoms with Crippen molar-refractivity contribution in [2.45, 2.75) is 32.7 Å². The van der Waals surface area contributed by atoms with E-state index in [1.54, 1.807) is 12.5 Å². The molecule has 1 aromatic carbocycles. The van der Waals surface area contributed by atoms with Crippen LogP contribution in [-0.2, 0) is 22.4 Å². The normalized spacial score (nSPS) is 12.1. The number of hydrogen-bond donors (Lipinski definition) is 4. The van der Waals surface area contributed by atoms with Crippen LogP contribution in [0.1, 0.15) is 25.1 Å². The molecule has 3 rings (SSSR count). The molecule has 8 heteroatoms. The molecule has 0 bridgehead atoms. The maximum atomic E-state index is 12.8. The summed E-state index contributed by atoms with van der Waals surface area (Å²) >= 11 is 0. The first-order valence-electron chi connectivity index (χ1n) is 9.76. The predicted octanol–water partition coefficient (Wildman–Crippen LogP) is 2.54. The number of para-hydroxylation sites is 1. The molecule has 8 nitrogen and oxygen atoms in total. The van der Waals surface area contributed by atoms with Gasteiger partial charge in [0.25, 0.3) is 0 Å². The SMILES string of the molecule is CC(C)COC(=O)N[C@@H](Cc1c[nH]c2ccccc12)C(=O)NCCc1cnc[nH]1. The number of nitrogens with zero attached hydrogens (tertiary/aromatic N) is 1. The van der Waals surface area contributed by atoms with Crippen molar-refractivity contribution < 1.29 is 14.3 Å². The molecule has 0 spiro atoms. The average Bonchev–Trinajstić information content (AvgIpc) is 3.36. The van der Waals surface area contributed by atoms with Crippen LogP contribution in [0.5, 0.6) is 0 Å². The molecule has 0 unspecified atom stereocenters. The molecule has 1 atom stereocenters. The van der Waals surface area contributed by atoms with Crippen molar-refractivity contribution in [1.29, 1.82) is 0 Å². The topological polar surface area (TPSA) is 112 Å². The van der Waals surface area contributed by atoms with E-state index in [-0.39, 0.29) is 11.8 Å². The zero-order valence-corrected chi connectivity index (χ0v) is 16.7. The van der Waals surface area contributed by atoms with E-state index in [0.717, 1.165) is 22.2 Å². The minimum Gasteiger partial charge on any atom is -0.449 e. The number of rotatable bonds is 9. The van der Waals surface area contributed by atoms with E-state index in [1.807, 2.05) is 44.3 Å². The first-order valence-corrected chi connectivity index (χ1v) is 9.76. The van der Waals surface area contributed by atoms with Gasteiger partial charge in [0.15, 0.2) is 0 Å². The number of carbonyl (C=O) groups is 2. The van der Waals surface area contributed by atoms with E-state index < -0.39 is 12.1 Å². The third-order valence-electron chi connectivity index (χ3n) is 4.50. The van der Waals surface area contributed by atoms with E-state index in [9.17, 15) is 9.59 Å². The summed E-state index contributed by atoms with van der Waals surface area (Å²) in [4.78, 5) is 35.1. The Labute approximate surface area is 169 Å². The number of alkyl carbamates (subject to hydrolysis) is 1. The zero-order valence-electron chi connectivity index (χ0n) is 16.7.